The van der Waals surface area contributed by atoms with Crippen LogP contribution in [0, 0.1) is 6.92 Å². The second kappa shape index (κ2) is 6.79. The first-order valence-corrected chi connectivity index (χ1v) is 7.79. The number of fused-ring (bicyclic) bond motifs is 1. The molecule has 0 aromatic carbocycles. The topological polar surface area (TPSA) is 95.6 Å². The number of halogens is 3. The van der Waals surface area contributed by atoms with Crippen molar-refractivity contribution in [2.24, 2.45) is 0 Å². The van der Waals surface area contributed by atoms with Gasteiger partial charge in [0, 0.05) is 37.3 Å². The van der Waals surface area contributed by atoms with E-state index >= 15 is 0 Å². The molecule has 1 aliphatic rings. The maximum absolute atomic E-state index is 12.8. The average molecular weight is 354 g/mol. The van der Waals surface area contributed by atoms with E-state index in [0.29, 0.717) is 12.2 Å². The van der Waals surface area contributed by atoms with Crippen LogP contribution in [0.3, 0.4) is 0 Å². The number of alkyl halides is 3. The predicted molar refractivity (Wildman–Crippen MR) is 81.5 cm³/mol. The number of nitrogens with zero attached hydrogens (tertiary/aromatic N) is 3. The third kappa shape index (κ3) is 3.95. The van der Waals surface area contributed by atoms with Gasteiger partial charge >= 0.3 is 6.18 Å². The molecule has 3 N–H and O–H groups in total. The standard InChI is InChI=1S/C15H17F3N6O/c1-8-6-10(15(16,17)18)24-11(23-8)3-5-20-14(25)13-12-9(2-4-19-13)21-7-22-12/h6-7,13,19H,2-5H2,1H3,(H,20,25)(H,21,22)/t13-/m1/s1. The van der Waals surface area contributed by atoms with Crippen molar-refractivity contribution in [3.8, 4) is 0 Å². The monoisotopic (exact) mass is 354 g/mol. The number of H-pyrrole nitrogens is 1. The summed E-state index contributed by atoms with van der Waals surface area (Å²) in [7, 11) is 0. The Balaban J connectivity index is 1.61. The minimum absolute atomic E-state index is 0.0460. The van der Waals surface area contributed by atoms with Crippen molar-refractivity contribution in [2.75, 3.05) is 13.1 Å². The van der Waals surface area contributed by atoms with E-state index in [1.807, 2.05) is 0 Å². The van der Waals surface area contributed by atoms with Crippen LogP contribution in [0.1, 0.15) is 34.6 Å². The summed E-state index contributed by atoms with van der Waals surface area (Å²) in [4.78, 5) is 26.9. The Labute approximate surface area is 141 Å². The Morgan fingerprint density at radius 3 is 2.96 bits per heavy atom. The van der Waals surface area contributed by atoms with Crippen LogP contribution in [0.15, 0.2) is 12.4 Å². The minimum atomic E-state index is -4.52. The molecule has 0 saturated heterocycles. The van der Waals surface area contributed by atoms with Crippen molar-refractivity contribution in [1.29, 1.82) is 0 Å². The lowest BCUT2D eigenvalue weighted by Gasteiger charge is -2.22. The van der Waals surface area contributed by atoms with E-state index < -0.39 is 17.9 Å². The van der Waals surface area contributed by atoms with E-state index in [9.17, 15) is 18.0 Å². The second-order valence-electron chi connectivity index (χ2n) is 5.75. The summed E-state index contributed by atoms with van der Waals surface area (Å²) in [5.41, 5.74) is 0.820. The van der Waals surface area contributed by atoms with E-state index in [2.05, 4.69) is 30.6 Å². The summed E-state index contributed by atoms with van der Waals surface area (Å²) in [5.74, 6) is -0.235. The van der Waals surface area contributed by atoms with Crippen LogP contribution < -0.4 is 10.6 Å². The molecule has 0 unspecified atom stereocenters. The van der Waals surface area contributed by atoms with Crippen molar-refractivity contribution < 1.29 is 18.0 Å². The highest BCUT2D eigenvalue weighted by Crippen LogP contribution is 2.27. The number of carbonyl (C=O) groups is 1. The fraction of sp³-hybridized carbons (Fsp3) is 0.467. The van der Waals surface area contributed by atoms with Crippen LogP contribution >= 0.6 is 0 Å². The van der Waals surface area contributed by atoms with Crippen molar-refractivity contribution in [3.63, 3.8) is 0 Å². The number of amides is 1. The molecule has 0 fully saturated rings. The summed E-state index contributed by atoms with van der Waals surface area (Å²) in [6, 6.07) is 0.326. The van der Waals surface area contributed by atoms with Gasteiger partial charge in [-0.25, -0.2) is 15.0 Å². The molecule has 25 heavy (non-hydrogen) atoms. The largest absolute Gasteiger partial charge is 0.433 e. The van der Waals surface area contributed by atoms with Gasteiger partial charge in [0.1, 0.15) is 17.6 Å². The van der Waals surface area contributed by atoms with Crippen LogP contribution in [0.2, 0.25) is 0 Å². The highest BCUT2D eigenvalue weighted by atomic mass is 19.4. The average Bonchev–Trinajstić information content (AvgIpc) is 3.02. The molecule has 0 bridgehead atoms. The van der Waals surface area contributed by atoms with Gasteiger partial charge in [-0.3, -0.25) is 4.79 Å². The van der Waals surface area contributed by atoms with Crippen LogP contribution in [0.4, 0.5) is 13.2 Å². The Hall–Kier alpha value is -2.49. The van der Waals surface area contributed by atoms with Crippen molar-refractivity contribution >= 4 is 5.91 Å². The lowest BCUT2D eigenvalue weighted by molar-refractivity contribution is -0.141. The zero-order valence-corrected chi connectivity index (χ0v) is 13.4. The number of imidazole rings is 1. The quantitative estimate of drug-likeness (QED) is 0.763. The third-order valence-electron chi connectivity index (χ3n) is 3.85. The van der Waals surface area contributed by atoms with Crippen molar-refractivity contribution in [2.45, 2.75) is 32.0 Å². The fourth-order valence-electron chi connectivity index (χ4n) is 2.72. The molecule has 1 amide bonds. The number of aromatic nitrogens is 4. The SMILES string of the molecule is Cc1cc(C(F)(F)F)nc(CCNC(=O)[C@@H]2NCCc3[nH]cnc32)n1. The first kappa shape index (κ1) is 17.3. The number of rotatable bonds is 4. The molecule has 3 rings (SSSR count). The van der Waals surface area contributed by atoms with Gasteiger partial charge in [-0.2, -0.15) is 13.2 Å². The zero-order valence-electron chi connectivity index (χ0n) is 13.4. The smallest absolute Gasteiger partial charge is 0.354 e. The van der Waals surface area contributed by atoms with Gasteiger partial charge in [-0.15, -0.1) is 0 Å². The predicted octanol–water partition coefficient (Wildman–Crippen LogP) is 1.07. The van der Waals surface area contributed by atoms with Gasteiger partial charge in [-0.05, 0) is 13.0 Å². The highest BCUT2D eigenvalue weighted by Gasteiger charge is 2.33. The highest BCUT2D eigenvalue weighted by molar-refractivity contribution is 5.83. The maximum Gasteiger partial charge on any atom is 0.433 e. The van der Waals surface area contributed by atoms with Crippen LogP contribution in [-0.2, 0) is 23.8 Å². The summed E-state index contributed by atoms with van der Waals surface area (Å²) < 4.78 is 38.3. The minimum Gasteiger partial charge on any atom is -0.354 e. The van der Waals surface area contributed by atoms with Gasteiger partial charge in [0.15, 0.2) is 0 Å². The number of hydrogen-bond acceptors (Lipinski definition) is 5. The van der Waals surface area contributed by atoms with E-state index in [1.54, 1.807) is 0 Å². The number of carbonyl (C=O) groups excluding carboxylic acids is 1. The molecule has 1 aliphatic heterocycles. The summed E-state index contributed by atoms with van der Waals surface area (Å²) >= 11 is 0. The van der Waals surface area contributed by atoms with E-state index in [0.717, 1.165) is 18.2 Å². The van der Waals surface area contributed by atoms with Gasteiger partial charge in [-0.1, -0.05) is 0 Å². The Morgan fingerprint density at radius 1 is 1.40 bits per heavy atom. The molecular weight excluding hydrogens is 337 g/mol. The number of aryl methyl sites for hydroxylation is 1. The van der Waals surface area contributed by atoms with Crippen LogP contribution in [0.25, 0.3) is 0 Å². The molecule has 0 saturated carbocycles. The molecule has 2 aromatic heterocycles. The molecule has 0 aliphatic carbocycles. The van der Waals surface area contributed by atoms with E-state index in [-0.39, 0.29) is 30.4 Å². The van der Waals surface area contributed by atoms with Crippen molar-refractivity contribution in [3.05, 3.63) is 41.0 Å². The molecule has 0 spiro atoms. The second-order valence-corrected chi connectivity index (χ2v) is 5.75. The van der Waals surface area contributed by atoms with Crippen LogP contribution in [-0.4, -0.2) is 38.9 Å². The molecule has 0 radical (unpaired) electrons. The first-order chi connectivity index (χ1) is 11.8. The lowest BCUT2D eigenvalue weighted by Crippen LogP contribution is -2.42. The van der Waals surface area contributed by atoms with Gasteiger partial charge < -0.3 is 15.6 Å². The number of nitrogens with one attached hydrogen (secondary N) is 3. The molecule has 7 nitrogen and oxygen atoms in total. The molecular formula is C15H17F3N6O. The van der Waals surface area contributed by atoms with Gasteiger partial charge in [0.25, 0.3) is 0 Å². The molecule has 10 heteroatoms. The first-order valence-electron chi connectivity index (χ1n) is 7.79. The van der Waals surface area contributed by atoms with E-state index in [1.165, 1.54) is 13.3 Å². The fourth-order valence-corrected chi connectivity index (χ4v) is 2.72. The molecule has 134 valence electrons. The normalized spacial score (nSPS) is 17.2. The van der Waals surface area contributed by atoms with Gasteiger partial charge in [0.2, 0.25) is 5.91 Å². The maximum atomic E-state index is 12.8. The lowest BCUT2D eigenvalue weighted by atomic mass is 10.1. The molecule has 3 heterocycles. The summed E-state index contributed by atoms with van der Waals surface area (Å²) in [5, 5.41) is 5.77. The Bertz CT molecular complexity index is 773. The zero-order chi connectivity index (χ0) is 18.0. The Morgan fingerprint density at radius 2 is 2.20 bits per heavy atom. The van der Waals surface area contributed by atoms with Crippen molar-refractivity contribution in [1.82, 2.24) is 30.6 Å². The number of hydrogen-bond donors (Lipinski definition) is 3. The Kier molecular flexibility index (Phi) is 4.71. The van der Waals surface area contributed by atoms with Gasteiger partial charge in [0.05, 0.1) is 12.0 Å². The molecule has 1 atom stereocenters. The third-order valence-corrected chi connectivity index (χ3v) is 3.85. The summed E-state index contributed by atoms with van der Waals surface area (Å²) in [6.07, 6.45) is -2.11. The summed E-state index contributed by atoms with van der Waals surface area (Å²) in [6.45, 7) is 2.25. The molecule has 2 aromatic rings. The number of aromatic amines is 1. The van der Waals surface area contributed by atoms with Crippen LogP contribution in [0.5, 0.6) is 0 Å². The van der Waals surface area contributed by atoms with E-state index in [4.69, 9.17) is 0 Å².